The average molecular weight is 622 g/mol. The molecule has 0 unspecified atom stereocenters. The first-order valence-electron chi connectivity index (χ1n) is 15.2. The first kappa shape index (κ1) is 31.8. The maximum Gasteiger partial charge on any atom is 0.354 e. The Bertz CT molecular complexity index is 1650. The number of ether oxygens (including phenoxy) is 1. The number of fused-ring (bicyclic) bond motifs is 1. The highest BCUT2D eigenvalue weighted by Crippen LogP contribution is 2.32. The zero-order valence-corrected chi connectivity index (χ0v) is 26.0. The van der Waals surface area contributed by atoms with Crippen LogP contribution in [0.1, 0.15) is 62.6 Å². The SMILES string of the molecule is COCC(=N)NCC[C@@H]1CCC[C@@H](c2ccc(-n3cc4cc(-c5cc(CCC[C@H](C)N)cc(Cl)c5F)[nH]c4nc3=O)cc2)N1. The van der Waals surface area contributed by atoms with E-state index in [0.29, 0.717) is 46.5 Å². The van der Waals surface area contributed by atoms with E-state index in [-0.39, 0.29) is 17.1 Å². The maximum absolute atomic E-state index is 15.1. The molecule has 1 aliphatic rings. The van der Waals surface area contributed by atoms with Crippen LogP contribution in [0.4, 0.5) is 4.39 Å². The Kier molecular flexibility index (Phi) is 10.5. The number of methoxy groups -OCH3 is 1. The molecule has 2 aromatic heterocycles. The van der Waals surface area contributed by atoms with E-state index in [4.69, 9.17) is 27.5 Å². The van der Waals surface area contributed by atoms with Gasteiger partial charge >= 0.3 is 5.69 Å². The van der Waals surface area contributed by atoms with Crippen LogP contribution in [-0.4, -0.2) is 52.7 Å². The number of hydrogen-bond donors (Lipinski definition) is 5. The summed E-state index contributed by atoms with van der Waals surface area (Å²) in [5, 5.41) is 15.4. The summed E-state index contributed by atoms with van der Waals surface area (Å²) in [5.74, 6) is -0.121. The number of nitrogens with one attached hydrogen (secondary N) is 4. The quantitative estimate of drug-likeness (QED) is 0.103. The molecule has 44 heavy (non-hydrogen) atoms. The summed E-state index contributed by atoms with van der Waals surface area (Å²) in [6, 6.07) is 13.9. The van der Waals surface area contributed by atoms with Crippen molar-refractivity contribution in [1.29, 1.82) is 5.41 Å². The Morgan fingerprint density at radius 3 is 2.82 bits per heavy atom. The van der Waals surface area contributed by atoms with Crippen LogP contribution in [0.5, 0.6) is 0 Å². The highest BCUT2D eigenvalue weighted by Gasteiger charge is 2.22. The summed E-state index contributed by atoms with van der Waals surface area (Å²) >= 11 is 6.26. The molecule has 0 radical (unpaired) electrons. The molecule has 1 aliphatic heterocycles. The van der Waals surface area contributed by atoms with E-state index in [0.717, 1.165) is 62.6 Å². The van der Waals surface area contributed by atoms with Gasteiger partial charge in [-0.05, 0) is 86.9 Å². The number of aromatic nitrogens is 3. The number of nitrogens with zero attached hydrogens (tertiary/aromatic N) is 2. The maximum atomic E-state index is 15.1. The lowest BCUT2D eigenvalue weighted by molar-refractivity contribution is 0.241. The van der Waals surface area contributed by atoms with Gasteiger partial charge in [0.2, 0.25) is 0 Å². The van der Waals surface area contributed by atoms with Gasteiger partial charge in [0.05, 0.1) is 16.4 Å². The van der Waals surface area contributed by atoms with Gasteiger partial charge in [0.15, 0.2) is 5.82 Å². The Morgan fingerprint density at radius 2 is 2.07 bits per heavy atom. The molecular weight excluding hydrogens is 581 g/mol. The first-order valence-corrected chi connectivity index (χ1v) is 15.6. The molecule has 1 fully saturated rings. The number of hydrogen-bond acceptors (Lipinski definition) is 6. The average Bonchev–Trinajstić information content (AvgIpc) is 3.41. The van der Waals surface area contributed by atoms with Gasteiger partial charge in [-0.1, -0.05) is 30.2 Å². The van der Waals surface area contributed by atoms with Crippen molar-refractivity contribution in [3.63, 3.8) is 0 Å². The van der Waals surface area contributed by atoms with Crippen molar-refractivity contribution in [2.45, 2.75) is 70.0 Å². The standard InChI is InChI=1S/C33H41ClFN7O2/c1-20(36)5-3-6-21-15-26(31(35)27(34)16-21)29-17-23-18-42(33(43)41-32(23)40-29)25-11-9-22(10-12-25)28-8-4-7-24(39-28)13-14-38-30(37)19-44-2/h9-12,15-18,20,24,28,39H,3-8,13-14,19,36H2,1-2H3,(H2,37,38)(H,40,41,43)/t20-,24-,28-/m0/s1. The third kappa shape index (κ3) is 7.74. The highest BCUT2D eigenvalue weighted by molar-refractivity contribution is 6.31. The third-order valence-corrected chi connectivity index (χ3v) is 8.46. The minimum absolute atomic E-state index is 0.0580. The van der Waals surface area contributed by atoms with Crippen molar-refractivity contribution >= 4 is 28.5 Å². The molecule has 6 N–H and O–H groups in total. The predicted octanol–water partition coefficient (Wildman–Crippen LogP) is 5.63. The van der Waals surface area contributed by atoms with Gasteiger partial charge in [-0.3, -0.25) is 9.98 Å². The highest BCUT2D eigenvalue weighted by atomic mass is 35.5. The van der Waals surface area contributed by atoms with Crippen LogP contribution in [0.25, 0.3) is 28.0 Å². The number of aromatic amines is 1. The van der Waals surface area contributed by atoms with Crippen LogP contribution < -0.4 is 22.1 Å². The molecule has 2 aromatic carbocycles. The number of amidine groups is 1. The van der Waals surface area contributed by atoms with Crippen molar-refractivity contribution in [3.05, 3.63) is 81.1 Å². The van der Waals surface area contributed by atoms with E-state index in [1.165, 1.54) is 4.57 Å². The number of rotatable bonds is 12. The summed E-state index contributed by atoms with van der Waals surface area (Å²) in [4.78, 5) is 20.4. The molecule has 9 nitrogen and oxygen atoms in total. The Morgan fingerprint density at radius 1 is 1.27 bits per heavy atom. The van der Waals surface area contributed by atoms with Gasteiger partial charge in [-0.2, -0.15) is 4.98 Å². The van der Waals surface area contributed by atoms with Crippen LogP contribution in [-0.2, 0) is 11.2 Å². The number of halogens is 2. The van der Waals surface area contributed by atoms with Crippen LogP contribution in [0, 0.1) is 11.2 Å². The van der Waals surface area contributed by atoms with Gasteiger partial charge in [-0.25, -0.2) is 9.18 Å². The van der Waals surface area contributed by atoms with E-state index in [1.807, 2.05) is 19.1 Å². The third-order valence-electron chi connectivity index (χ3n) is 8.19. The van der Waals surface area contributed by atoms with Gasteiger partial charge in [0.1, 0.15) is 18.1 Å². The van der Waals surface area contributed by atoms with Gasteiger partial charge < -0.3 is 26.1 Å². The Labute approximate surface area is 261 Å². The topological polar surface area (TPSA) is 134 Å². The van der Waals surface area contributed by atoms with Crippen molar-refractivity contribution < 1.29 is 9.13 Å². The predicted molar refractivity (Wildman–Crippen MR) is 174 cm³/mol. The van der Waals surface area contributed by atoms with E-state index in [9.17, 15) is 4.79 Å². The number of benzene rings is 2. The minimum atomic E-state index is -0.514. The van der Waals surface area contributed by atoms with Crippen molar-refractivity contribution in [1.82, 2.24) is 25.2 Å². The number of aryl methyl sites for hydroxylation is 1. The van der Waals surface area contributed by atoms with Crippen molar-refractivity contribution in [3.8, 4) is 16.9 Å². The van der Waals surface area contributed by atoms with Crippen molar-refractivity contribution in [2.75, 3.05) is 20.3 Å². The molecule has 0 saturated carbocycles. The second kappa shape index (κ2) is 14.5. The fourth-order valence-corrected chi connectivity index (χ4v) is 6.15. The Balaban J connectivity index is 1.31. The number of H-pyrrole nitrogens is 1. The van der Waals surface area contributed by atoms with E-state index in [1.54, 1.807) is 31.5 Å². The smallest absolute Gasteiger partial charge is 0.354 e. The van der Waals surface area contributed by atoms with Gasteiger partial charge in [-0.15, -0.1) is 0 Å². The van der Waals surface area contributed by atoms with E-state index in [2.05, 4.69) is 32.7 Å². The van der Waals surface area contributed by atoms with E-state index < -0.39 is 11.5 Å². The molecule has 3 heterocycles. The zero-order valence-electron chi connectivity index (χ0n) is 25.3. The second-order valence-electron chi connectivity index (χ2n) is 11.8. The molecule has 0 aliphatic carbocycles. The Hall–Kier alpha value is -3.57. The fraction of sp³-hybridized carbons (Fsp3) is 0.424. The molecule has 0 bridgehead atoms. The van der Waals surface area contributed by atoms with Crippen LogP contribution in [0.15, 0.2) is 53.5 Å². The molecule has 3 atom stereocenters. The van der Waals surface area contributed by atoms with Gasteiger partial charge in [0.25, 0.3) is 0 Å². The molecule has 0 spiro atoms. The van der Waals surface area contributed by atoms with Crippen molar-refractivity contribution in [2.24, 2.45) is 5.73 Å². The molecule has 11 heteroatoms. The monoisotopic (exact) mass is 621 g/mol. The number of nitrogens with two attached hydrogens (primary N) is 1. The first-order chi connectivity index (χ1) is 21.2. The lowest BCUT2D eigenvalue weighted by atomic mass is 9.92. The molecule has 1 saturated heterocycles. The molecule has 4 aromatic rings. The molecule has 0 amide bonds. The lowest BCUT2D eigenvalue weighted by Gasteiger charge is -2.31. The summed E-state index contributed by atoms with van der Waals surface area (Å²) in [6.07, 6.45) is 8.40. The molecule has 234 valence electrons. The van der Waals surface area contributed by atoms with Crippen LogP contribution in [0.3, 0.4) is 0 Å². The number of piperidine rings is 1. The fourth-order valence-electron chi connectivity index (χ4n) is 5.91. The summed E-state index contributed by atoms with van der Waals surface area (Å²) in [6.45, 7) is 2.99. The second-order valence-corrected chi connectivity index (χ2v) is 12.2. The molecular formula is C33H41ClFN7O2. The van der Waals surface area contributed by atoms with Crippen LogP contribution in [0.2, 0.25) is 5.02 Å². The van der Waals surface area contributed by atoms with Gasteiger partial charge in [0, 0.05) is 48.9 Å². The normalized spacial score (nSPS) is 17.6. The largest absolute Gasteiger partial charge is 0.377 e. The summed E-state index contributed by atoms with van der Waals surface area (Å²) < 4.78 is 21.6. The molecule has 5 rings (SSSR count). The van der Waals surface area contributed by atoms with E-state index >= 15 is 4.39 Å². The zero-order chi connectivity index (χ0) is 31.2. The summed E-state index contributed by atoms with van der Waals surface area (Å²) in [5.41, 5.74) is 9.49. The van der Waals surface area contributed by atoms with Crippen LogP contribution >= 0.6 is 11.6 Å². The lowest BCUT2D eigenvalue weighted by Crippen LogP contribution is -2.39. The minimum Gasteiger partial charge on any atom is -0.377 e. The summed E-state index contributed by atoms with van der Waals surface area (Å²) in [7, 11) is 1.59.